The molecule has 92 valence electrons. The lowest BCUT2D eigenvalue weighted by Crippen LogP contribution is -2.02. The van der Waals surface area contributed by atoms with Crippen molar-refractivity contribution in [3.05, 3.63) is 54.1 Å². The van der Waals surface area contributed by atoms with Gasteiger partial charge in [-0.2, -0.15) is 0 Å². The van der Waals surface area contributed by atoms with E-state index in [1.165, 1.54) is 10.5 Å². The molecule has 0 aliphatic carbocycles. The number of para-hydroxylation sites is 1. The van der Waals surface area contributed by atoms with E-state index in [-0.39, 0.29) is 5.25 Å². The number of H-pyrrole nitrogens is 1. The molecule has 4 rings (SSSR count). The van der Waals surface area contributed by atoms with E-state index < -0.39 is 0 Å². The smallest absolute Gasteiger partial charge is 0.137 e. The lowest BCUT2D eigenvalue weighted by molar-refractivity contribution is -0.107. The number of aldehydes is 1. The zero-order chi connectivity index (χ0) is 12.8. The fraction of sp³-hybridized carbons (Fsp3) is 0.0625. The van der Waals surface area contributed by atoms with Gasteiger partial charge in [0, 0.05) is 26.9 Å². The number of carbonyl (C=O) groups is 1. The third-order valence-corrected chi connectivity index (χ3v) is 4.78. The van der Waals surface area contributed by atoms with Crippen LogP contribution in [0.5, 0.6) is 0 Å². The van der Waals surface area contributed by atoms with E-state index in [1.807, 2.05) is 24.3 Å². The lowest BCUT2D eigenvalue weighted by atomic mass is 10.0. The van der Waals surface area contributed by atoms with Crippen molar-refractivity contribution in [2.75, 3.05) is 0 Å². The number of aromatic amines is 1. The van der Waals surface area contributed by atoms with Crippen molar-refractivity contribution < 1.29 is 4.79 Å². The summed E-state index contributed by atoms with van der Waals surface area (Å²) in [6.45, 7) is 0. The topological polar surface area (TPSA) is 32.9 Å². The zero-order valence-corrected chi connectivity index (χ0v) is 10.9. The first-order valence-corrected chi connectivity index (χ1v) is 7.08. The Morgan fingerprint density at radius 1 is 1.05 bits per heavy atom. The fourth-order valence-corrected chi connectivity index (χ4v) is 3.89. The number of nitrogens with one attached hydrogen (secondary N) is 1. The minimum absolute atomic E-state index is 0.124. The number of hydrogen-bond donors (Lipinski definition) is 1. The van der Waals surface area contributed by atoms with Crippen LogP contribution in [-0.2, 0) is 4.79 Å². The zero-order valence-electron chi connectivity index (χ0n) is 10.1. The number of benzene rings is 2. The molecule has 2 heterocycles. The lowest BCUT2D eigenvalue weighted by Gasteiger charge is -2.20. The number of hydrogen-bond acceptors (Lipinski definition) is 2. The van der Waals surface area contributed by atoms with E-state index in [2.05, 4.69) is 29.2 Å². The Hall–Kier alpha value is -2.00. The molecule has 3 heteroatoms. The van der Waals surface area contributed by atoms with Gasteiger partial charge >= 0.3 is 0 Å². The van der Waals surface area contributed by atoms with E-state index in [0.717, 1.165) is 28.4 Å². The van der Waals surface area contributed by atoms with Crippen molar-refractivity contribution in [1.29, 1.82) is 0 Å². The van der Waals surface area contributed by atoms with Gasteiger partial charge in [0.05, 0.1) is 10.9 Å². The summed E-state index contributed by atoms with van der Waals surface area (Å²) >= 11 is 1.63. The minimum atomic E-state index is -0.124. The van der Waals surface area contributed by atoms with Gasteiger partial charge in [0.1, 0.15) is 6.29 Å². The summed E-state index contributed by atoms with van der Waals surface area (Å²) in [5.41, 5.74) is 4.50. The molecule has 0 saturated carbocycles. The Morgan fingerprint density at radius 3 is 2.74 bits per heavy atom. The van der Waals surface area contributed by atoms with Crippen molar-refractivity contribution in [2.45, 2.75) is 10.1 Å². The van der Waals surface area contributed by atoms with Crippen LogP contribution in [0.3, 0.4) is 0 Å². The quantitative estimate of drug-likeness (QED) is 0.669. The first kappa shape index (κ1) is 10.9. The van der Waals surface area contributed by atoms with Crippen molar-refractivity contribution in [2.24, 2.45) is 0 Å². The summed E-state index contributed by atoms with van der Waals surface area (Å²) in [5, 5.41) is 1.03. The summed E-state index contributed by atoms with van der Waals surface area (Å²) in [7, 11) is 0. The molecule has 3 aromatic rings. The molecule has 0 bridgehead atoms. The normalized spacial score (nSPS) is 16.9. The maximum atomic E-state index is 11.4. The largest absolute Gasteiger partial charge is 0.354 e. The summed E-state index contributed by atoms with van der Waals surface area (Å²) in [4.78, 5) is 16.1. The molecule has 1 aromatic heterocycles. The monoisotopic (exact) mass is 265 g/mol. The van der Waals surface area contributed by atoms with Crippen molar-refractivity contribution >= 4 is 29.0 Å². The molecule has 0 fully saturated rings. The van der Waals surface area contributed by atoms with E-state index >= 15 is 0 Å². The van der Waals surface area contributed by atoms with Crippen LogP contribution in [0, 0.1) is 0 Å². The molecule has 19 heavy (non-hydrogen) atoms. The van der Waals surface area contributed by atoms with Gasteiger partial charge in [-0.25, -0.2) is 0 Å². The second-order valence-corrected chi connectivity index (χ2v) is 5.81. The highest BCUT2D eigenvalue weighted by atomic mass is 32.2. The van der Waals surface area contributed by atoms with Gasteiger partial charge in [-0.1, -0.05) is 36.4 Å². The highest BCUT2D eigenvalue weighted by Crippen LogP contribution is 2.50. The third-order valence-electron chi connectivity index (χ3n) is 3.56. The Bertz CT molecular complexity index is 790. The SMILES string of the molecule is O=CC1Sc2ccccc2-c2[nH]c3ccccc3c21. The van der Waals surface area contributed by atoms with Gasteiger partial charge in [0.25, 0.3) is 0 Å². The molecule has 0 spiro atoms. The second kappa shape index (κ2) is 4.00. The first-order chi connectivity index (χ1) is 9.38. The van der Waals surface area contributed by atoms with Crippen LogP contribution in [0.15, 0.2) is 53.4 Å². The van der Waals surface area contributed by atoms with E-state index in [1.54, 1.807) is 11.8 Å². The van der Waals surface area contributed by atoms with Crippen LogP contribution in [0.2, 0.25) is 0 Å². The van der Waals surface area contributed by atoms with E-state index in [0.29, 0.717) is 0 Å². The van der Waals surface area contributed by atoms with Gasteiger partial charge in [-0.05, 0) is 12.1 Å². The Labute approximate surface area is 114 Å². The van der Waals surface area contributed by atoms with Gasteiger partial charge < -0.3 is 9.78 Å². The maximum absolute atomic E-state index is 11.4. The molecule has 0 amide bonds. The van der Waals surface area contributed by atoms with Gasteiger partial charge in [0.2, 0.25) is 0 Å². The van der Waals surface area contributed by atoms with Crippen LogP contribution in [0.1, 0.15) is 10.8 Å². The van der Waals surface area contributed by atoms with E-state index in [4.69, 9.17) is 0 Å². The highest BCUT2D eigenvalue weighted by Gasteiger charge is 2.28. The molecule has 0 radical (unpaired) electrons. The molecule has 1 unspecified atom stereocenters. The molecular formula is C16H11NOS. The maximum Gasteiger partial charge on any atom is 0.137 e. The predicted octanol–water partition coefficient (Wildman–Crippen LogP) is 4.18. The molecule has 0 saturated heterocycles. The minimum Gasteiger partial charge on any atom is -0.354 e. The number of thioether (sulfide) groups is 1. The molecular weight excluding hydrogens is 254 g/mol. The Morgan fingerprint density at radius 2 is 1.84 bits per heavy atom. The van der Waals surface area contributed by atoms with Crippen molar-refractivity contribution in [1.82, 2.24) is 4.98 Å². The standard InChI is InChI=1S/C16H11NOS/c18-9-14-15-10-5-1-3-7-12(10)17-16(15)11-6-2-4-8-13(11)19-14/h1-9,14,17H. The molecule has 1 aliphatic rings. The van der Waals surface area contributed by atoms with Gasteiger partial charge in [-0.3, -0.25) is 0 Å². The summed E-state index contributed by atoms with van der Waals surface area (Å²) < 4.78 is 0. The molecule has 1 aliphatic heterocycles. The average molecular weight is 265 g/mol. The highest BCUT2D eigenvalue weighted by molar-refractivity contribution is 8.00. The summed E-state index contributed by atoms with van der Waals surface area (Å²) in [6.07, 6.45) is 1.04. The number of fused-ring (bicyclic) bond motifs is 5. The number of carbonyl (C=O) groups excluding carboxylic acids is 1. The Balaban J connectivity index is 2.12. The van der Waals surface area contributed by atoms with Gasteiger partial charge in [-0.15, -0.1) is 11.8 Å². The summed E-state index contributed by atoms with van der Waals surface area (Å²) in [6, 6.07) is 16.4. The summed E-state index contributed by atoms with van der Waals surface area (Å²) in [5.74, 6) is 0. The Kier molecular flexibility index (Phi) is 2.29. The first-order valence-electron chi connectivity index (χ1n) is 6.20. The molecule has 2 aromatic carbocycles. The molecule has 1 N–H and O–H groups in total. The van der Waals surface area contributed by atoms with Crippen LogP contribution in [-0.4, -0.2) is 11.3 Å². The van der Waals surface area contributed by atoms with Gasteiger partial charge in [0.15, 0.2) is 0 Å². The van der Waals surface area contributed by atoms with Crippen molar-refractivity contribution in [3.63, 3.8) is 0 Å². The number of aromatic nitrogens is 1. The number of rotatable bonds is 1. The third kappa shape index (κ3) is 1.48. The van der Waals surface area contributed by atoms with Crippen LogP contribution in [0.25, 0.3) is 22.2 Å². The van der Waals surface area contributed by atoms with Crippen LogP contribution >= 0.6 is 11.8 Å². The second-order valence-electron chi connectivity index (χ2n) is 4.63. The predicted molar refractivity (Wildman–Crippen MR) is 78.4 cm³/mol. The average Bonchev–Trinajstić information content (AvgIpc) is 2.86. The molecule has 2 nitrogen and oxygen atoms in total. The van der Waals surface area contributed by atoms with Crippen LogP contribution < -0.4 is 0 Å². The van der Waals surface area contributed by atoms with Crippen LogP contribution in [0.4, 0.5) is 0 Å². The molecule has 1 atom stereocenters. The fourth-order valence-electron chi connectivity index (χ4n) is 2.74. The van der Waals surface area contributed by atoms with E-state index in [9.17, 15) is 4.79 Å². The van der Waals surface area contributed by atoms with Crippen molar-refractivity contribution in [3.8, 4) is 11.3 Å².